The molecule has 0 aliphatic rings. The summed E-state index contributed by atoms with van der Waals surface area (Å²) in [4.78, 5) is 0. The lowest BCUT2D eigenvalue weighted by Crippen LogP contribution is -2.29. The first kappa shape index (κ1) is 16.9. The Kier molecular flexibility index (Phi) is 11.6. The van der Waals surface area contributed by atoms with Gasteiger partial charge in [0.25, 0.3) is 0 Å². The molecule has 0 unspecified atom stereocenters. The minimum atomic E-state index is -0.556. The highest BCUT2D eigenvalue weighted by Crippen LogP contribution is 1.97. The minimum absolute atomic E-state index is 0.214. The number of unbranched alkanes of at least 4 members (excludes halogenated alkanes) is 1. The molecule has 0 aliphatic carbocycles. The van der Waals surface area contributed by atoms with Gasteiger partial charge in [-0.2, -0.15) is 0 Å². The number of allylic oxidation sites excluding steroid dienone is 7. The molecule has 3 N–H and O–H groups in total. The summed E-state index contributed by atoms with van der Waals surface area (Å²) in [6.07, 6.45) is 20.0. The van der Waals surface area contributed by atoms with Crippen LogP contribution in [-0.2, 0) is 0 Å². The van der Waals surface area contributed by atoms with Gasteiger partial charge < -0.3 is 10.8 Å². The van der Waals surface area contributed by atoms with E-state index in [0.29, 0.717) is 0 Å². The van der Waals surface area contributed by atoms with Gasteiger partial charge in [0.05, 0.1) is 6.10 Å². The average Bonchev–Trinajstić information content (AvgIpc) is 2.35. The average molecular weight is 249 g/mol. The van der Waals surface area contributed by atoms with Crippen molar-refractivity contribution in [1.29, 1.82) is 0 Å². The second kappa shape index (κ2) is 12.3. The summed E-state index contributed by atoms with van der Waals surface area (Å²) in [5, 5.41) is 9.41. The van der Waals surface area contributed by atoms with E-state index in [9.17, 15) is 5.11 Å². The Morgan fingerprint density at radius 1 is 1.00 bits per heavy atom. The van der Waals surface area contributed by atoms with Crippen LogP contribution in [0.25, 0.3) is 0 Å². The fraction of sp³-hybridized carbons (Fsp3) is 0.500. The molecule has 0 rings (SSSR count). The van der Waals surface area contributed by atoms with Gasteiger partial charge >= 0.3 is 0 Å². The van der Waals surface area contributed by atoms with Gasteiger partial charge in [0, 0.05) is 6.04 Å². The highest BCUT2D eigenvalue weighted by molar-refractivity contribution is 5.06. The van der Waals surface area contributed by atoms with E-state index >= 15 is 0 Å². The zero-order valence-electron chi connectivity index (χ0n) is 11.6. The Hall–Kier alpha value is -1.12. The van der Waals surface area contributed by atoms with Gasteiger partial charge in [-0.25, -0.2) is 0 Å². The molecular formula is C16H27NO. The molecular weight excluding hydrogens is 222 g/mol. The van der Waals surface area contributed by atoms with E-state index < -0.39 is 6.10 Å². The van der Waals surface area contributed by atoms with Crippen molar-refractivity contribution in [3.8, 4) is 0 Å². The second-order valence-corrected chi connectivity index (χ2v) is 4.33. The largest absolute Gasteiger partial charge is 0.387 e. The Morgan fingerprint density at radius 2 is 1.67 bits per heavy atom. The lowest BCUT2D eigenvalue weighted by Gasteiger charge is -2.07. The Balaban J connectivity index is 3.57. The molecule has 0 fully saturated rings. The van der Waals surface area contributed by atoms with Crippen molar-refractivity contribution in [2.45, 2.75) is 51.7 Å². The molecule has 0 saturated heterocycles. The van der Waals surface area contributed by atoms with Crippen LogP contribution < -0.4 is 5.73 Å². The summed E-state index contributed by atoms with van der Waals surface area (Å²) in [6, 6.07) is -0.214. The van der Waals surface area contributed by atoms with E-state index in [1.165, 1.54) is 0 Å². The van der Waals surface area contributed by atoms with Gasteiger partial charge in [-0.05, 0) is 32.6 Å². The molecule has 0 aromatic rings. The molecule has 0 aliphatic heterocycles. The Labute approximate surface area is 112 Å². The Morgan fingerprint density at radius 3 is 2.33 bits per heavy atom. The van der Waals surface area contributed by atoms with E-state index in [0.717, 1.165) is 25.7 Å². The highest BCUT2D eigenvalue weighted by atomic mass is 16.3. The third-order valence-electron chi connectivity index (χ3n) is 2.44. The number of hydrogen-bond donors (Lipinski definition) is 2. The van der Waals surface area contributed by atoms with Gasteiger partial charge in [-0.3, -0.25) is 0 Å². The van der Waals surface area contributed by atoms with Crippen LogP contribution in [-0.4, -0.2) is 17.3 Å². The highest BCUT2D eigenvalue weighted by Gasteiger charge is 2.02. The molecule has 0 aromatic heterocycles. The lowest BCUT2D eigenvalue weighted by molar-refractivity contribution is 0.198. The third kappa shape index (κ3) is 11.4. The second-order valence-electron chi connectivity index (χ2n) is 4.33. The van der Waals surface area contributed by atoms with Gasteiger partial charge in [0.2, 0.25) is 0 Å². The van der Waals surface area contributed by atoms with Gasteiger partial charge in [-0.15, -0.1) is 0 Å². The van der Waals surface area contributed by atoms with Crippen molar-refractivity contribution in [2.24, 2.45) is 5.73 Å². The summed E-state index contributed by atoms with van der Waals surface area (Å²) in [7, 11) is 0. The molecule has 0 heterocycles. The molecule has 0 bridgehead atoms. The van der Waals surface area contributed by atoms with Gasteiger partial charge in [0.15, 0.2) is 0 Å². The topological polar surface area (TPSA) is 46.2 Å². The summed E-state index contributed by atoms with van der Waals surface area (Å²) >= 11 is 0. The molecule has 2 nitrogen and oxygen atoms in total. The molecule has 0 spiro atoms. The number of nitrogens with two attached hydrogens (primary N) is 1. The fourth-order valence-corrected chi connectivity index (χ4v) is 1.28. The zero-order chi connectivity index (χ0) is 13.6. The molecule has 102 valence electrons. The van der Waals surface area contributed by atoms with Crippen LogP contribution in [0.1, 0.15) is 39.5 Å². The van der Waals surface area contributed by atoms with Gasteiger partial charge in [-0.1, -0.05) is 55.5 Å². The van der Waals surface area contributed by atoms with E-state index in [1.54, 1.807) is 13.0 Å². The first-order valence-electron chi connectivity index (χ1n) is 6.75. The van der Waals surface area contributed by atoms with Crippen molar-refractivity contribution in [3.63, 3.8) is 0 Å². The van der Waals surface area contributed by atoms with Gasteiger partial charge in [0.1, 0.15) is 0 Å². The first-order chi connectivity index (χ1) is 8.68. The van der Waals surface area contributed by atoms with E-state index in [2.05, 4.69) is 37.3 Å². The number of hydrogen-bond acceptors (Lipinski definition) is 2. The van der Waals surface area contributed by atoms with E-state index in [-0.39, 0.29) is 6.04 Å². The van der Waals surface area contributed by atoms with Crippen LogP contribution in [0, 0.1) is 0 Å². The summed E-state index contributed by atoms with van der Waals surface area (Å²) in [5.74, 6) is 0. The predicted molar refractivity (Wildman–Crippen MR) is 80.4 cm³/mol. The van der Waals surface area contributed by atoms with Crippen molar-refractivity contribution in [1.82, 2.24) is 0 Å². The monoisotopic (exact) mass is 249 g/mol. The van der Waals surface area contributed by atoms with E-state index in [1.807, 2.05) is 12.2 Å². The van der Waals surface area contributed by atoms with E-state index in [4.69, 9.17) is 5.73 Å². The zero-order valence-corrected chi connectivity index (χ0v) is 11.6. The molecule has 0 saturated carbocycles. The quantitative estimate of drug-likeness (QED) is 0.373. The van der Waals surface area contributed by atoms with Crippen LogP contribution in [0.3, 0.4) is 0 Å². The van der Waals surface area contributed by atoms with Crippen LogP contribution in [0.15, 0.2) is 48.6 Å². The maximum Gasteiger partial charge on any atom is 0.0872 e. The molecule has 2 heteroatoms. The Bertz CT molecular complexity index is 287. The van der Waals surface area contributed by atoms with Crippen LogP contribution in [0.5, 0.6) is 0 Å². The summed E-state index contributed by atoms with van der Waals surface area (Å²) < 4.78 is 0. The standard InChI is InChI=1S/C16H27NO/c1-3-4-5-6-7-8-9-10-11-12-13-14-16(18)15(2)17/h4-5,7-8,11-16,18H,3,6,9-10,17H2,1-2H3/b5-4-,8-7-,12-11+,14-13+/t15-,16-/m0/s1. The molecule has 0 amide bonds. The van der Waals surface area contributed by atoms with Crippen molar-refractivity contribution >= 4 is 0 Å². The first-order valence-corrected chi connectivity index (χ1v) is 6.75. The molecule has 18 heavy (non-hydrogen) atoms. The maximum atomic E-state index is 9.41. The van der Waals surface area contributed by atoms with Crippen LogP contribution in [0.4, 0.5) is 0 Å². The van der Waals surface area contributed by atoms with Crippen molar-refractivity contribution in [3.05, 3.63) is 48.6 Å². The minimum Gasteiger partial charge on any atom is -0.387 e. The summed E-state index contributed by atoms with van der Waals surface area (Å²) in [5.41, 5.74) is 5.53. The fourth-order valence-electron chi connectivity index (χ4n) is 1.28. The predicted octanol–water partition coefficient (Wildman–Crippen LogP) is 3.50. The normalized spacial score (nSPS) is 16.4. The molecule has 0 aromatic carbocycles. The molecule has 0 radical (unpaired) electrons. The number of aliphatic hydroxyl groups excluding tert-OH is 1. The van der Waals surface area contributed by atoms with Crippen molar-refractivity contribution < 1.29 is 5.11 Å². The van der Waals surface area contributed by atoms with Crippen LogP contribution >= 0.6 is 0 Å². The SMILES string of the molecule is CC/C=C\C/C=C\CC/C=C/C=C/[C@H](O)[C@H](C)N. The third-order valence-corrected chi connectivity index (χ3v) is 2.44. The summed E-state index contributed by atoms with van der Waals surface area (Å²) in [6.45, 7) is 3.93. The lowest BCUT2D eigenvalue weighted by atomic mass is 10.2. The number of rotatable bonds is 9. The van der Waals surface area contributed by atoms with Crippen molar-refractivity contribution in [2.75, 3.05) is 0 Å². The number of aliphatic hydroxyl groups is 1. The molecule has 2 atom stereocenters. The maximum absolute atomic E-state index is 9.41. The van der Waals surface area contributed by atoms with Crippen LogP contribution in [0.2, 0.25) is 0 Å². The smallest absolute Gasteiger partial charge is 0.0872 e.